The van der Waals surface area contributed by atoms with Crippen molar-refractivity contribution in [2.75, 3.05) is 21.3 Å². The van der Waals surface area contributed by atoms with Crippen LogP contribution < -0.4 is 5.56 Å². The van der Waals surface area contributed by atoms with Crippen LogP contribution in [-0.2, 0) is 26.9 Å². The molecule has 0 saturated heterocycles. The summed E-state index contributed by atoms with van der Waals surface area (Å²) in [5.41, 5.74) is -1.63. The molecule has 10 heteroatoms. The molecule has 2 rings (SSSR count). The number of nitrogens with zero attached hydrogens (tertiary/aromatic N) is 2. The Morgan fingerprint density at radius 3 is 2.22 bits per heavy atom. The molecule has 0 spiro atoms. The molecule has 0 aliphatic rings. The molecule has 1 aromatic heterocycles. The van der Waals surface area contributed by atoms with Crippen molar-refractivity contribution in [3.63, 3.8) is 0 Å². The molecule has 146 valence electrons. The van der Waals surface area contributed by atoms with Gasteiger partial charge in [0.05, 0.1) is 19.2 Å². The minimum atomic E-state index is -4.49. The Balaban J connectivity index is 2.59. The van der Waals surface area contributed by atoms with Crippen LogP contribution in [0.1, 0.15) is 15.9 Å². The summed E-state index contributed by atoms with van der Waals surface area (Å²) in [7, 11) is 3.83. The van der Waals surface area contributed by atoms with Gasteiger partial charge < -0.3 is 14.2 Å². The van der Waals surface area contributed by atoms with Crippen molar-refractivity contribution in [1.82, 2.24) is 9.55 Å². The molecule has 1 aromatic carbocycles. The van der Waals surface area contributed by atoms with E-state index >= 15 is 0 Å². The van der Waals surface area contributed by atoms with Crippen LogP contribution in [0.5, 0.6) is 0 Å². The molecule has 0 fully saturated rings. The molecule has 0 atom stereocenters. The summed E-state index contributed by atoms with van der Waals surface area (Å²) in [4.78, 5) is 28.5. The van der Waals surface area contributed by atoms with Crippen LogP contribution in [-0.4, -0.2) is 43.1 Å². The molecule has 0 radical (unpaired) electrons. The summed E-state index contributed by atoms with van der Waals surface area (Å²) < 4.78 is 54.0. The molecule has 0 aliphatic carbocycles. The quantitative estimate of drug-likeness (QED) is 0.560. The first-order valence-electron chi connectivity index (χ1n) is 7.64. The zero-order chi connectivity index (χ0) is 20.2. The van der Waals surface area contributed by atoms with Crippen molar-refractivity contribution in [2.45, 2.75) is 19.0 Å². The van der Waals surface area contributed by atoms with Gasteiger partial charge in [0, 0.05) is 26.0 Å². The van der Waals surface area contributed by atoms with Crippen LogP contribution in [0.4, 0.5) is 13.2 Å². The number of carbonyl (C=O) groups is 1. The lowest BCUT2D eigenvalue weighted by Crippen LogP contribution is -2.34. The second-order valence-electron chi connectivity index (χ2n) is 5.38. The topological polar surface area (TPSA) is 79.7 Å². The van der Waals surface area contributed by atoms with Gasteiger partial charge in [0.15, 0.2) is 6.29 Å². The van der Waals surface area contributed by atoms with E-state index in [2.05, 4.69) is 9.72 Å². The molecular weight excluding hydrogens is 369 g/mol. The fourth-order valence-electron chi connectivity index (χ4n) is 2.34. The van der Waals surface area contributed by atoms with Gasteiger partial charge in [0.25, 0.3) is 5.56 Å². The molecule has 0 unspecified atom stereocenters. The Morgan fingerprint density at radius 1 is 1.15 bits per heavy atom. The third-order valence-electron chi connectivity index (χ3n) is 3.78. The van der Waals surface area contributed by atoms with Gasteiger partial charge in [0.1, 0.15) is 11.4 Å². The molecular formula is C17H17F3N2O5. The van der Waals surface area contributed by atoms with Crippen molar-refractivity contribution < 1.29 is 32.2 Å². The summed E-state index contributed by atoms with van der Waals surface area (Å²) in [6.45, 7) is -0.139. The SMILES string of the molecule is COC(=O)c1cnc(-c2ccc(C(F)(F)F)cc2)n(CC(OC)OC)c1=O. The molecule has 2 aromatic rings. The van der Waals surface area contributed by atoms with E-state index in [1.54, 1.807) is 0 Å². The van der Waals surface area contributed by atoms with Gasteiger partial charge in [-0.15, -0.1) is 0 Å². The highest BCUT2D eigenvalue weighted by Crippen LogP contribution is 2.30. The maximum absolute atomic E-state index is 12.8. The van der Waals surface area contributed by atoms with Gasteiger partial charge in [-0.2, -0.15) is 13.2 Å². The highest BCUT2D eigenvalue weighted by atomic mass is 19.4. The number of methoxy groups -OCH3 is 3. The molecule has 0 saturated carbocycles. The summed E-state index contributed by atoms with van der Waals surface area (Å²) in [6.07, 6.45) is -4.31. The smallest absolute Gasteiger partial charge is 0.416 e. The lowest BCUT2D eigenvalue weighted by Gasteiger charge is -2.18. The Hall–Kier alpha value is -2.72. The van der Waals surface area contributed by atoms with Crippen molar-refractivity contribution in [1.29, 1.82) is 0 Å². The van der Waals surface area contributed by atoms with E-state index in [0.29, 0.717) is 0 Å². The highest BCUT2D eigenvalue weighted by Gasteiger charge is 2.30. The van der Waals surface area contributed by atoms with Gasteiger partial charge in [0.2, 0.25) is 0 Å². The van der Waals surface area contributed by atoms with E-state index < -0.39 is 29.6 Å². The second-order valence-corrected chi connectivity index (χ2v) is 5.38. The predicted octanol–water partition coefficient (Wildman–Crippen LogP) is 2.33. The van der Waals surface area contributed by atoms with E-state index in [1.165, 1.54) is 26.4 Å². The fraction of sp³-hybridized carbons (Fsp3) is 0.353. The number of halogens is 3. The summed E-state index contributed by atoms with van der Waals surface area (Å²) >= 11 is 0. The molecule has 0 aliphatic heterocycles. The third kappa shape index (κ3) is 4.52. The fourth-order valence-corrected chi connectivity index (χ4v) is 2.34. The molecule has 0 N–H and O–H groups in total. The summed E-state index contributed by atoms with van der Waals surface area (Å²) in [5, 5.41) is 0. The van der Waals surface area contributed by atoms with E-state index in [-0.39, 0.29) is 23.5 Å². The van der Waals surface area contributed by atoms with Crippen LogP contribution in [0.25, 0.3) is 11.4 Å². The van der Waals surface area contributed by atoms with Crippen LogP contribution in [0, 0.1) is 0 Å². The first kappa shape index (κ1) is 20.6. The van der Waals surface area contributed by atoms with E-state index in [1.807, 2.05) is 0 Å². The molecule has 27 heavy (non-hydrogen) atoms. The predicted molar refractivity (Wildman–Crippen MR) is 88.1 cm³/mol. The Bertz CT molecular complexity index is 858. The first-order valence-corrected chi connectivity index (χ1v) is 7.64. The number of ether oxygens (including phenoxy) is 3. The summed E-state index contributed by atoms with van der Waals surface area (Å²) in [6, 6.07) is 4.13. The second kappa shape index (κ2) is 8.31. The van der Waals surface area contributed by atoms with Crippen LogP contribution in [0.2, 0.25) is 0 Å². The Morgan fingerprint density at radius 2 is 1.74 bits per heavy atom. The van der Waals surface area contributed by atoms with Crippen LogP contribution in [0.3, 0.4) is 0 Å². The monoisotopic (exact) mass is 386 g/mol. The van der Waals surface area contributed by atoms with Gasteiger partial charge in [-0.3, -0.25) is 9.36 Å². The van der Waals surface area contributed by atoms with Gasteiger partial charge in [-0.25, -0.2) is 9.78 Å². The lowest BCUT2D eigenvalue weighted by atomic mass is 10.1. The zero-order valence-corrected chi connectivity index (χ0v) is 14.7. The minimum absolute atomic E-state index is 0.0560. The largest absolute Gasteiger partial charge is 0.465 e. The van der Waals surface area contributed by atoms with Crippen LogP contribution in [0.15, 0.2) is 35.3 Å². The van der Waals surface area contributed by atoms with Crippen molar-refractivity contribution in [3.05, 3.63) is 51.9 Å². The van der Waals surface area contributed by atoms with Crippen molar-refractivity contribution >= 4 is 5.97 Å². The minimum Gasteiger partial charge on any atom is -0.465 e. The lowest BCUT2D eigenvalue weighted by molar-refractivity contribution is -0.137. The van der Waals surface area contributed by atoms with E-state index in [4.69, 9.17) is 9.47 Å². The standard InChI is InChI=1S/C17H17F3N2O5/c1-25-13(26-2)9-22-14(21-8-12(15(22)23)16(24)27-3)10-4-6-11(7-5-10)17(18,19)20/h4-8,13H,9H2,1-3H3. The van der Waals surface area contributed by atoms with Gasteiger partial charge in [-0.1, -0.05) is 12.1 Å². The van der Waals surface area contributed by atoms with Crippen molar-refractivity contribution in [3.8, 4) is 11.4 Å². The molecule has 7 nitrogen and oxygen atoms in total. The number of hydrogen-bond donors (Lipinski definition) is 0. The first-order chi connectivity index (χ1) is 12.7. The molecule has 0 amide bonds. The molecule has 0 bridgehead atoms. The number of benzene rings is 1. The Kier molecular flexibility index (Phi) is 6.34. The zero-order valence-electron chi connectivity index (χ0n) is 14.7. The number of carbonyl (C=O) groups excluding carboxylic acids is 1. The number of aromatic nitrogens is 2. The third-order valence-corrected chi connectivity index (χ3v) is 3.78. The average Bonchev–Trinajstić information content (AvgIpc) is 2.65. The summed E-state index contributed by atoms with van der Waals surface area (Å²) in [5.74, 6) is -0.827. The Labute approximate surface area is 152 Å². The highest BCUT2D eigenvalue weighted by molar-refractivity contribution is 5.88. The number of alkyl halides is 3. The number of rotatable bonds is 6. The van der Waals surface area contributed by atoms with E-state index in [9.17, 15) is 22.8 Å². The molecule has 1 heterocycles. The maximum atomic E-state index is 12.8. The van der Waals surface area contributed by atoms with Gasteiger partial charge >= 0.3 is 12.1 Å². The van der Waals surface area contributed by atoms with E-state index in [0.717, 1.165) is 30.0 Å². The average molecular weight is 386 g/mol. The van der Waals surface area contributed by atoms with Crippen molar-refractivity contribution in [2.24, 2.45) is 0 Å². The maximum Gasteiger partial charge on any atom is 0.416 e. The van der Waals surface area contributed by atoms with Crippen LogP contribution >= 0.6 is 0 Å². The van der Waals surface area contributed by atoms with Gasteiger partial charge in [-0.05, 0) is 12.1 Å². The number of esters is 1. The normalized spacial score (nSPS) is 11.7. The number of hydrogen-bond acceptors (Lipinski definition) is 6.